The molecule has 0 bridgehead atoms. The number of rotatable bonds is 9. The number of pyridine rings is 2. The third-order valence-corrected chi connectivity index (χ3v) is 6.05. The molecular weight excluding hydrogens is 532 g/mol. The second-order valence-electron chi connectivity index (χ2n) is 10.5. The van der Waals surface area contributed by atoms with Gasteiger partial charge in [-0.1, -0.05) is 30.3 Å². The second-order valence-corrected chi connectivity index (χ2v) is 10.5. The number of hydrogen-bond donors (Lipinski definition) is 3. The monoisotopic (exact) mass is 565 g/mol. The Morgan fingerprint density at radius 1 is 1.15 bits per heavy atom. The van der Waals surface area contributed by atoms with Crippen molar-refractivity contribution < 1.29 is 23.0 Å². The zero-order valence-electron chi connectivity index (χ0n) is 23.2. The van der Waals surface area contributed by atoms with Gasteiger partial charge in [-0.15, -0.1) is 0 Å². The summed E-state index contributed by atoms with van der Waals surface area (Å²) < 4.78 is 40.6. The molecule has 3 heterocycles. The normalized spacial score (nSPS) is 14.1. The highest BCUT2D eigenvalue weighted by molar-refractivity contribution is 5.68. The number of carbonyl (C=O) groups excluding carboxylic acids is 1. The van der Waals surface area contributed by atoms with Gasteiger partial charge in [0.15, 0.2) is 29.1 Å². The number of aromatic nitrogens is 2. The van der Waals surface area contributed by atoms with Gasteiger partial charge in [-0.05, 0) is 38.8 Å². The van der Waals surface area contributed by atoms with E-state index in [0.29, 0.717) is 32.7 Å². The maximum Gasteiger partial charge on any atom is 0.407 e. The summed E-state index contributed by atoms with van der Waals surface area (Å²) in [6.45, 7) is 7.40. The van der Waals surface area contributed by atoms with Crippen LogP contribution in [0.5, 0.6) is 0 Å². The first-order valence-corrected chi connectivity index (χ1v) is 13.2. The number of halogens is 2. The minimum atomic E-state index is -0.755. The van der Waals surface area contributed by atoms with E-state index in [1.807, 2.05) is 36.4 Å². The lowest BCUT2D eigenvalue weighted by molar-refractivity contribution is 0.0525. The average Bonchev–Trinajstić information content (AvgIpc) is 2.93. The maximum absolute atomic E-state index is 15.1. The number of anilines is 4. The smallest absolute Gasteiger partial charge is 0.407 e. The molecule has 1 fully saturated rings. The maximum atomic E-state index is 15.1. The van der Waals surface area contributed by atoms with Crippen molar-refractivity contribution in [1.82, 2.24) is 15.3 Å². The van der Waals surface area contributed by atoms with Crippen LogP contribution in [0.25, 0.3) is 0 Å². The first-order valence-electron chi connectivity index (χ1n) is 13.2. The zero-order chi connectivity index (χ0) is 29.4. The highest BCUT2D eigenvalue weighted by Crippen LogP contribution is 2.26. The van der Waals surface area contributed by atoms with Crippen LogP contribution < -0.4 is 20.9 Å². The van der Waals surface area contributed by atoms with Crippen molar-refractivity contribution >= 4 is 29.2 Å². The zero-order valence-corrected chi connectivity index (χ0v) is 23.2. The number of ether oxygens (including phenoxy) is 2. The molecule has 10 nitrogen and oxygen atoms in total. The van der Waals surface area contributed by atoms with Crippen molar-refractivity contribution in [2.24, 2.45) is 0 Å². The first-order chi connectivity index (χ1) is 19.6. The molecule has 0 aliphatic carbocycles. The van der Waals surface area contributed by atoms with Crippen LogP contribution in [0.4, 0.5) is 36.7 Å². The van der Waals surface area contributed by atoms with Crippen LogP contribution in [0.15, 0.2) is 48.7 Å². The van der Waals surface area contributed by atoms with Gasteiger partial charge in [0, 0.05) is 31.7 Å². The SMILES string of the molecule is CC(C)(C)OC(=O)NC[C@@H](Cc1ccccc1)Nc1nc(Nc2cnc(N3CCOCC3)c(F)c2)c(C#N)cc1F. The van der Waals surface area contributed by atoms with E-state index in [2.05, 4.69) is 25.9 Å². The molecule has 1 aliphatic rings. The number of hydrogen-bond acceptors (Lipinski definition) is 9. The number of carbonyl (C=O) groups is 1. The Morgan fingerprint density at radius 3 is 2.54 bits per heavy atom. The van der Waals surface area contributed by atoms with Gasteiger partial charge < -0.3 is 30.3 Å². The second kappa shape index (κ2) is 13.2. The molecule has 1 amide bonds. The number of nitrogens with one attached hydrogen (secondary N) is 3. The molecule has 216 valence electrons. The van der Waals surface area contributed by atoms with Crippen LogP contribution >= 0.6 is 0 Å². The van der Waals surface area contributed by atoms with Crippen molar-refractivity contribution in [2.45, 2.75) is 38.8 Å². The third kappa shape index (κ3) is 8.49. The van der Waals surface area contributed by atoms with Crippen molar-refractivity contribution in [3.63, 3.8) is 0 Å². The van der Waals surface area contributed by atoms with Gasteiger partial charge in [0.1, 0.15) is 11.7 Å². The van der Waals surface area contributed by atoms with Crippen molar-refractivity contribution in [3.8, 4) is 6.07 Å². The Hall–Kier alpha value is -4.50. The lowest BCUT2D eigenvalue weighted by Crippen LogP contribution is -2.40. The van der Waals surface area contributed by atoms with Crippen LogP contribution in [0.3, 0.4) is 0 Å². The van der Waals surface area contributed by atoms with Crippen LogP contribution in [0, 0.1) is 23.0 Å². The molecule has 4 rings (SSSR count). The average molecular weight is 566 g/mol. The fourth-order valence-corrected chi connectivity index (χ4v) is 4.20. The number of nitriles is 1. The van der Waals surface area contributed by atoms with E-state index >= 15 is 4.39 Å². The van der Waals surface area contributed by atoms with Crippen LogP contribution in [-0.4, -0.2) is 60.6 Å². The van der Waals surface area contributed by atoms with E-state index in [4.69, 9.17) is 9.47 Å². The summed E-state index contributed by atoms with van der Waals surface area (Å²) >= 11 is 0. The van der Waals surface area contributed by atoms with E-state index in [9.17, 15) is 14.4 Å². The van der Waals surface area contributed by atoms with Crippen molar-refractivity contribution in [1.29, 1.82) is 5.26 Å². The van der Waals surface area contributed by atoms with Crippen LogP contribution in [-0.2, 0) is 15.9 Å². The van der Waals surface area contributed by atoms with Crippen molar-refractivity contribution in [2.75, 3.05) is 48.4 Å². The van der Waals surface area contributed by atoms with E-state index in [0.717, 1.165) is 11.6 Å². The summed E-state index contributed by atoms with van der Waals surface area (Å²) in [7, 11) is 0. The predicted molar refractivity (Wildman–Crippen MR) is 151 cm³/mol. The molecule has 1 saturated heterocycles. The number of alkyl carbamates (subject to hydrolysis) is 1. The van der Waals surface area contributed by atoms with E-state index < -0.39 is 29.4 Å². The minimum absolute atomic E-state index is 0.0234. The van der Waals surface area contributed by atoms with Crippen LogP contribution in [0.2, 0.25) is 0 Å². The van der Waals surface area contributed by atoms with Gasteiger partial charge in [0.25, 0.3) is 0 Å². The Kier molecular flexibility index (Phi) is 9.52. The molecule has 1 aromatic carbocycles. The topological polar surface area (TPSA) is 124 Å². The highest BCUT2D eigenvalue weighted by atomic mass is 19.1. The molecule has 41 heavy (non-hydrogen) atoms. The summed E-state index contributed by atoms with van der Waals surface area (Å²) in [4.78, 5) is 22.6. The molecule has 0 saturated carbocycles. The predicted octanol–water partition coefficient (Wildman–Crippen LogP) is 4.75. The summed E-state index contributed by atoms with van der Waals surface area (Å²) in [5.41, 5.74) is 0.443. The Morgan fingerprint density at radius 2 is 1.88 bits per heavy atom. The molecule has 0 radical (unpaired) electrons. The van der Waals surface area contributed by atoms with E-state index in [1.165, 1.54) is 12.3 Å². The van der Waals surface area contributed by atoms with Crippen LogP contribution in [0.1, 0.15) is 31.9 Å². The molecule has 3 N–H and O–H groups in total. The minimum Gasteiger partial charge on any atom is -0.444 e. The molecule has 0 spiro atoms. The quantitative estimate of drug-likeness (QED) is 0.337. The lowest BCUT2D eigenvalue weighted by atomic mass is 10.1. The standard InChI is InChI=1S/C29H33F2N7O3/c1-29(2,3)41-28(39)34-18-21(13-19-7-5-4-6-8-19)36-26-23(30)14-20(16-32)25(37-26)35-22-15-24(31)27(33-17-22)38-9-11-40-12-10-38/h4-8,14-15,17,21H,9-13,18H2,1-3H3,(H,34,39)(H2,35,36,37)/t21-/m1/s1. The summed E-state index contributed by atoms with van der Waals surface area (Å²) in [6.07, 6.45) is 1.25. The molecule has 12 heteroatoms. The largest absolute Gasteiger partial charge is 0.444 e. The number of amides is 1. The number of morpholine rings is 1. The molecule has 1 aliphatic heterocycles. The Balaban J connectivity index is 1.54. The summed E-state index contributed by atoms with van der Waals surface area (Å²) in [5.74, 6) is -1.22. The summed E-state index contributed by atoms with van der Waals surface area (Å²) in [6, 6.07) is 13.2. The Bertz CT molecular complexity index is 1390. The van der Waals surface area contributed by atoms with Gasteiger partial charge in [-0.25, -0.2) is 23.5 Å². The summed E-state index contributed by atoms with van der Waals surface area (Å²) in [5, 5.41) is 18.2. The Labute approximate surface area is 237 Å². The van der Waals surface area contributed by atoms with Gasteiger partial charge in [0.2, 0.25) is 0 Å². The number of benzene rings is 1. The van der Waals surface area contributed by atoms with Gasteiger partial charge in [-0.3, -0.25) is 0 Å². The van der Waals surface area contributed by atoms with Gasteiger partial charge in [-0.2, -0.15) is 5.26 Å². The third-order valence-electron chi connectivity index (χ3n) is 6.05. The molecular formula is C29H33F2N7O3. The molecule has 1 atom stereocenters. The molecule has 0 unspecified atom stereocenters. The number of nitrogens with zero attached hydrogens (tertiary/aromatic N) is 4. The fourth-order valence-electron chi connectivity index (χ4n) is 4.20. The molecule has 2 aromatic heterocycles. The molecule has 3 aromatic rings. The first kappa shape index (κ1) is 29.5. The highest BCUT2D eigenvalue weighted by Gasteiger charge is 2.21. The van der Waals surface area contributed by atoms with Crippen molar-refractivity contribution in [3.05, 3.63) is 71.4 Å². The lowest BCUT2D eigenvalue weighted by Gasteiger charge is -2.28. The van der Waals surface area contributed by atoms with E-state index in [-0.39, 0.29) is 35.2 Å². The van der Waals surface area contributed by atoms with E-state index in [1.54, 1.807) is 25.7 Å². The van der Waals surface area contributed by atoms with Gasteiger partial charge >= 0.3 is 6.09 Å². The van der Waals surface area contributed by atoms with Gasteiger partial charge in [0.05, 0.1) is 30.7 Å². The fraction of sp³-hybridized carbons (Fsp3) is 0.379.